The summed E-state index contributed by atoms with van der Waals surface area (Å²) < 4.78 is 10.8. The lowest BCUT2D eigenvalue weighted by Gasteiger charge is -2.31. The van der Waals surface area contributed by atoms with Crippen LogP contribution in [0.25, 0.3) is 11.4 Å². The highest BCUT2D eigenvalue weighted by Crippen LogP contribution is 2.21. The third kappa shape index (κ3) is 4.45. The minimum Gasteiger partial charge on any atom is -0.375 e. The number of morpholine rings is 1. The van der Waals surface area contributed by atoms with Crippen LogP contribution in [-0.2, 0) is 16.0 Å². The van der Waals surface area contributed by atoms with Crippen LogP contribution in [0.5, 0.6) is 0 Å². The lowest BCUT2D eigenvalue weighted by atomic mass is 10.0. The van der Waals surface area contributed by atoms with Crippen molar-refractivity contribution in [2.75, 3.05) is 19.7 Å². The molecule has 0 saturated carbocycles. The van der Waals surface area contributed by atoms with Gasteiger partial charge in [0.1, 0.15) is 0 Å². The van der Waals surface area contributed by atoms with E-state index in [9.17, 15) is 4.79 Å². The van der Waals surface area contributed by atoms with E-state index >= 15 is 0 Å². The molecule has 2 heterocycles. The molecule has 0 spiro atoms. The monoisotopic (exact) mass is 343 g/mol. The van der Waals surface area contributed by atoms with Gasteiger partial charge in [0, 0.05) is 31.5 Å². The normalized spacial score (nSPS) is 17.9. The maximum absolute atomic E-state index is 12.3. The molecule has 0 N–H and O–H groups in total. The fraction of sp³-hybridized carbons (Fsp3) is 0.526. The van der Waals surface area contributed by atoms with Gasteiger partial charge < -0.3 is 14.2 Å². The van der Waals surface area contributed by atoms with Crippen molar-refractivity contribution >= 4 is 5.91 Å². The Morgan fingerprint density at radius 3 is 2.76 bits per heavy atom. The number of hydrogen-bond acceptors (Lipinski definition) is 5. The van der Waals surface area contributed by atoms with Crippen LogP contribution in [0, 0.1) is 0 Å². The van der Waals surface area contributed by atoms with E-state index in [1.807, 2.05) is 24.0 Å². The highest BCUT2D eigenvalue weighted by molar-refractivity contribution is 5.76. The number of ether oxygens (including phenoxy) is 1. The van der Waals surface area contributed by atoms with E-state index in [-0.39, 0.29) is 12.0 Å². The molecule has 0 radical (unpaired) electrons. The van der Waals surface area contributed by atoms with Gasteiger partial charge in [-0.15, -0.1) is 0 Å². The molecule has 1 fully saturated rings. The van der Waals surface area contributed by atoms with E-state index in [2.05, 4.69) is 36.1 Å². The minimum absolute atomic E-state index is 0.0986. The van der Waals surface area contributed by atoms with Crippen LogP contribution in [-0.4, -0.2) is 46.7 Å². The highest BCUT2D eigenvalue weighted by Gasteiger charge is 2.21. The summed E-state index contributed by atoms with van der Waals surface area (Å²) in [5, 5.41) is 4.03. The third-order valence-corrected chi connectivity index (χ3v) is 4.45. The molecule has 134 valence electrons. The number of aryl methyl sites for hydroxylation is 1. The SMILES string of the molecule is CC(C)c1ccc(-c2noc(CCC(=O)N3CCO[C@H](C)C3)n2)cc1. The van der Waals surface area contributed by atoms with Gasteiger partial charge in [0.25, 0.3) is 0 Å². The second-order valence-corrected chi connectivity index (χ2v) is 6.81. The number of carbonyl (C=O) groups is 1. The number of nitrogens with zero attached hydrogens (tertiary/aromatic N) is 3. The van der Waals surface area contributed by atoms with Crippen molar-refractivity contribution in [1.29, 1.82) is 0 Å². The van der Waals surface area contributed by atoms with Crippen molar-refractivity contribution in [2.24, 2.45) is 0 Å². The van der Waals surface area contributed by atoms with E-state index < -0.39 is 0 Å². The van der Waals surface area contributed by atoms with Crippen molar-refractivity contribution in [3.63, 3.8) is 0 Å². The third-order valence-electron chi connectivity index (χ3n) is 4.45. The molecule has 1 atom stereocenters. The van der Waals surface area contributed by atoms with Gasteiger partial charge in [-0.05, 0) is 18.4 Å². The molecule has 1 aromatic carbocycles. The molecule has 1 amide bonds. The lowest BCUT2D eigenvalue weighted by molar-refractivity contribution is -0.138. The Hall–Kier alpha value is -2.21. The quantitative estimate of drug-likeness (QED) is 0.835. The van der Waals surface area contributed by atoms with Crippen LogP contribution in [0.3, 0.4) is 0 Å². The topological polar surface area (TPSA) is 68.5 Å². The number of hydrogen-bond donors (Lipinski definition) is 0. The molecule has 0 aliphatic carbocycles. The summed E-state index contributed by atoms with van der Waals surface area (Å²) in [6.07, 6.45) is 0.934. The predicted molar refractivity (Wildman–Crippen MR) is 94.1 cm³/mol. The van der Waals surface area contributed by atoms with Gasteiger partial charge >= 0.3 is 0 Å². The van der Waals surface area contributed by atoms with Crippen LogP contribution < -0.4 is 0 Å². The first-order chi connectivity index (χ1) is 12.0. The second kappa shape index (κ2) is 7.78. The van der Waals surface area contributed by atoms with Crippen molar-refractivity contribution in [3.05, 3.63) is 35.7 Å². The van der Waals surface area contributed by atoms with Crippen LogP contribution in [0.1, 0.15) is 44.6 Å². The Kier molecular flexibility index (Phi) is 5.48. The Morgan fingerprint density at radius 2 is 2.08 bits per heavy atom. The van der Waals surface area contributed by atoms with Gasteiger partial charge in [-0.25, -0.2) is 0 Å². The van der Waals surface area contributed by atoms with E-state index in [0.29, 0.717) is 50.2 Å². The van der Waals surface area contributed by atoms with E-state index in [4.69, 9.17) is 9.26 Å². The average Bonchev–Trinajstić information content (AvgIpc) is 3.08. The van der Waals surface area contributed by atoms with Gasteiger partial charge in [0.05, 0.1) is 12.7 Å². The Morgan fingerprint density at radius 1 is 1.32 bits per heavy atom. The van der Waals surface area contributed by atoms with E-state index in [0.717, 1.165) is 5.56 Å². The molecule has 1 aliphatic rings. The summed E-state index contributed by atoms with van der Waals surface area (Å²) in [7, 11) is 0. The molecule has 25 heavy (non-hydrogen) atoms. The fourth-order valence-electron chi connectivity index (χ4n) is 2.91. The molecule has 3 rings (SSSR count). The lowest BCUT2D eigenvalue weighted by Crippen LogP contribution is -2.44. The summed E-state index contributed by atoms with van der Waals surface area (Å²) in [4.78, 5) is 18.5. The summed E-state index contributed by atoms with van der Waals surface area (Å²) in [6.45, 7) is 8.20. The molecule has 6 nitrogen and oxygen atoms in total. The first kappa shape index (κ1) is 17.6. The second-order valence-electron chi connectivity index (χ2n) is 6.81. The molecule has 1 aliphatic heterocycles. The number of carbonyl (C=O) groups excluding carboxylic acids is 1. The molecule has 1 saturated heterocycles. The Bertz CT molecular complexity index is 709. The summed E-state index contributed by atoms with van der Waals surface area (Å²) >= 11 is 0. The summed E-state index contributed by atoms with van der Waals surface area (Å²) in [6, 6.07) is 8.17. The van der Waals surface area contributed by atoms with Crippen LogP contribution in [0.2, 0.25) is 0 Å². The van der Waals surface area contributed by atoms with Crippen LogP contribution in [0.4, 0.5) is 0 Å². The van der Waals surface area contributed by atoms with Gasteiger partial charge in [-0.2, -0.15) is 4.98 Å². The Balaban J connectivity index is 1.57. The molecular formula is C19H25N3O3. The predicted octanol–water partition coefficient (Wildman–Crippen LogP) is 3.04. The van der Waals surface area contributed by atoms with Crippen LogP contribution in [0.15, 0.2) is 28.8 Å². The zero-order valence-corrected chi connectivity index (χ0v) is 15.1. The first-order valence-corrected chi connectivity index (χ1v) is 8.85. The molecule has 0 bridgehead atoms. The molecule has 1 aromatic heterocycles. The standard InChI is InChI=1S/C19H25N3O3/c1-13(2)15-4-6-16(7-5-15)19-20-17(25-21-19)8-9-18(23)22-10-11-24-14(3)12-22/h4-7,13-14H,8-12H2,1-3H3/t14-/m1/s1. The fourth-order valence-corrected chi connectivity index (χ4v) is 2.91. The molecule has 0 unspecified atom stereocenters. The average molecular weight is 343 g/mol. The Labute approximate surface area is 148 Å². The van der Waals surface area contributed by atoms with Crippen molar-refractivity contribution in [2.45, 2.75) is 45.6 Å². The number of amides is 1. The number of rotatable bonds is 5. The minimum atomic E-state index is 0.0986. The highest BCUT2D eigenvalue weighted by atomic mass is 16.5. The largest absolute Gasteiger partial charge is 0.375 e. The van der Waals surface area contributed by atoms with Gasteiger partial charge in [0.2, 0.25) is 17.6 Å². The van der Waals surface area contributed by atoms with Gasteiger partial charge in [0.15, 0.2) is 0 Å². The van der Waals surface area contributed by atoms with Crippen molar-refractivity contribution < 1.29 is 14.1 Å². The first-order valence-electron chi connectivity index (χ1n) is 8.85. The van der Waals surface area contributed by atoms with E-state index in [1.165, 1.54) is 5.56 Å². The van der Waals surface area contributed by atoms with Gasteiger partial charge in [-0.3, -0.25) is 4.79 Å². The molecular weight excluding hydrogens is 318 g/mol. The maximum Gasteiger partial charge on any atom is 0.227 e. The summed E-state index contributed by atoms with van der Waals surface area (Å²) in [5.74, 6) is 1.66. The number of aromatic nitrogens is 2. The van der Waals surface area contributed by atoms with E-state index in [1.54, 1.807) is 0 Å². The zero-order valence-electron chi connectivity index (χ0n) is 15.1. The van der Waals surface area contributed by atoms with Crippen LogP contribution >= 0.6 is 0 Å². The molecule has 6 heteroatoms. The van der Waals surface area contributed by atoms with Crippen molar-refractivity contribution in [3.8, 4) is 11.4 Å². The van der Waals surface area contributed by atoms with Crippen molar-refractivity contribution in [1.82, 2.24) is 15.0 Å². The molecule has 2 aromatic rings. The maximum atomic E-state index is 12.3. The van der Waals surface area contributed by atoms with Gasteiger partial charge in [-0.1, -0.05) is 43.3 Å². The zero-order chi connectivity index (χ0) is 17.8. The smallest absolute Gasteiger partial charge is 0.227 e. The number of benzene rings is 1. The summed E-state index contributed by atoms with van der Waals surface area (Å²) in [5.41, 5.74) is 2.20.